The van der Waals surface area contributed by atoms with Crippen LogP contribution in [-0.2, 0) is 0 Å². The summed E-state index contributed by atoms with van der Waals surface area (Å²) in [6.45, 7) is 4.39. The minimum absolute atomic E-state index is 0.164. The predicted molar refractivity (Wildman–Crippen MR) is 141 cm³/mol. The highest BCUT2D eigenvalue weighted by Gasteiger charge is 2.19. The Balaban J connectivity index is 1.66. The van der Waals surface area contributed by atoms with Crippen molar-refractivity contribution >= 4 is 0 Å². The number of hydrogen-bond acceptors (Lipinski definition) is 0. The minimum Gasteiger partial charge on any atom is -0.0622 e. The third-order valence-electron chi connectivity index (χ3n) is 6.52. The van der Waals surface area contributed by atoms with Crippen molar-refractivity contribution < 1.29 is 0 Å². The molecule has 0 radical (unpaired) electrons. The van der Waals surface area contributed by atoms with Gasteiger partial charge in [0.25, 0.3) is 0 Å². The van der Waals surface area contributed by atoms with Gasteiger partial charge in [0.15, 0.2) is 0 Å². The molecule has 5 rings (SSSR count). The molecule has 0 unspecified atom stereocenters. The lowest BCUT2D eigenvalue weighted by molar-refractivity contribution is 0.973. The van der Waals surface area contributed by atoms with Gasteiger partial charge in [-0.1, -0.05) is 127 Å². The Morgan fingerprint density at radius 1 is 0.364 bits per heavy atom. The molecule has 0 aliphatic rings. The van der Waals surface area contributed by atoms with E-state index in [2.05, 4.69) is 141 Å². The lowest BCUT2D eigenvalue weighted by atomic mass is 9.82. The van der Waals surface area contributed by atoms with Crippen molar-refractivity contribution in [2.24, 2.45) is 0 Å². The molecule has 0 fully saturated rings. The first kappa shape index (κ1) is 21.0. The van der Waals surface area contributed by atoms with Crippen LogP contribution in [0.4, 0.5) is 0 Å². The molecule has 0 aliphatic carbocycles. The summed E-state index contributed by atoms with van der Waals surface area (Å²) in [7, 11) is 0. The molecule has 160 valence electrons. The molecule has 0 amide bonds. The van der Waals surface area contributed by atoms with Crippen molar-refractivity contribution in [3.05, 3.63) is 155 Å². The largest absolute Gasteiger partial charge is 0.0622 e. The Bertz CT molecular complexity index is 1280. The van der Waals surface area contributed by atoms with Gasteiger partial charge in [0.1, 0.15) is 0 Å². The normalized spacial score (nSPS) is 11.0. The molecule has 0 aliphatic heterocycles. The summed E-state index contributed by atoms with van der Waals surface area (Å²) in [5, 5.41) is 0. The van der Waals surface area contributed by atoms with Crippen molar-refractivity contribution in [3.63, 3.8) is 0 Å². The molecule has 0 aromatic heterocycles. The second kappa shape index (κ2) is 9.30. The van der Waals surface area contributed by atoms with Crippen molar-refractivity contribution in [2.75, 3.05) is 0 Å². The van der Waals surface area contributed by atoms with Crippen LogP contribution in [0.3, 0.4) is 0 Å². The molecule has 5 aromatic rings. The van der Waals surface area contributed by atoms with Gasteiger partial charge in [0.2, 0.25) is 0 Å². The Morgan fingerprint density at radius 3 is 1.30 bits per heavy atom. The first-order valence-corrected chi connectivity index (χ1v) is 11.6. The van der Waals surface area contributed by atoms with Crippen LogP contribution in [0, 0.1) is 13.8 Å². The molecule has 0 nitrogen and oxygen atoms in total. The van der Waals surface area contributed by atoms with Crippen LogP contribution in [0.25, 0.3) is 22.3 Å². The fourth-order valence-electron chi connectivity index (χ4n) is 4.58. The Hall–Kier alpha value is -3.90. The summed E-state index contributed by atoms with van der Waals surface area (Å²) in [6, 6.07) is 46.2. The van der Waals surface area contributed by atoms with E-state index in [1.165, 1.54) is 50.1 Å². The number of benzene rings is 5. The third kappa shape index (κ3) is 4.52. The molecule has 0 heterocycles. The van der Waals surface area contributed by atoms with E-state index in [4.69, 9.17) is 0 Å². The second-order valence-electron chi connectivity index (χ2n) is 8.76. The quantitative estimate of drug-likeness (QED) is 0.247. The maximum Gasteiger partial charge on any atom is 0.0340 e. The molecule has 0 saturated heterocycles. The van der Waals surface area contributed by atoms with Gasteiger partial charge < -0.3 is 0 Å². The maximum absolute atomic E-state index is 2.35. The maximum atomic E-state index is 2.35. The summed E-state index contributed by atoms with van der Waals surface area (Å²) >= 11 is 0. The van der Waals surface area contributed by atoms with Crippen LogP contribution >= 0.6 is 0 Å². The topological polar surface area (TPSA) is 0 Å². The Labute approximate surface area is 197 Å². The molecule has 33 heavy (non-hydrogen) atoms. The molecule has 0 heteroatoms. The SMILES string of the molecule is Cc1ccc(C(c2cccc(-c3ccccc3)c2)c2cccc(-c3ccccc3)c2)cc1C. The van der Waals surface area contributed by atoms with Gasteiger partial charge in [-0.15, -0.1) is 0 Å². The van der Waals surface area contributed by atoms with Crippen LogP contribution in [0.15, 0.2) is 127 Å². The first-order valence-electron chi connectivity index (χ1n) is 11.6. The zero-order chi connectivity index (χ0) is 22.6. The second-order valence-corrected chi connectivity index (χ2v) is 8.76. The van der Waals surface area contributed by atoms with Crippen LogP contribution < -0.4 is 0 Å². The van der Waals surface area contributed by atoms with Crippen molar-refractivity contribution in [2.45, 2.75) is 19.8 Å². The first-order chi connectivity index (χ1) is 16.2. The summed E-state index contributed by atoms with van der Waals surface area (Å²) in [5.41, 5.74) is 11.6. The van der Waals surface area contributed by atoms with Gasteiger partial charge in [-0.05, 0) is 63.9 Å². The molecule has 0 bridgehead atoms. The molecule has 5 aromatic carbocycles. The van der Waals surface area contributed by atoms with Gasteiger partial charge in [-0.25, -0.2) is 0 Å². The fraction of sp³-hybridized carbons (Fsp3) is 0.0909. The standard InChI is InChI=1S/C33H28/c1-24-19-20-32(21-25(24)2)33(30-17-9-15-28(22-30)26-11-5-3-6-12-26)31-18-10-16-29(23-31)27-13-7-4-8-14-27/h3-23,33H,1-2H3. The lowest BCUT2D eigenvalue weighted by Crippen LogP contribution is -2.05. The van der Waals surface area contributed by atoms with Crippen LogP contribution in [0.1, 0.15) is 33.7 Å². The van der Waals surface area contributed by atoms with E-state index < -0.39 is 0 Å². The highest BCUT2D eigenvalue weighted by Crippen LogP contribution is 2.36. The summed E-state index contributed by atoms with van der Waals surface area (Å²) in [4.78, 5) is 0. The number of aryl methyl sites for hydroxylation is 2. The van der Waals surface area contributed by atoms with E-state index in [1.54, 1.807) is 0 Å². The average Bonchev–Trinajstić information content (AvgIpc) is 2.88. The summed E-state index contributed by atoms with van der Waals surface area (Å²) in [6.07, 6.45) is 0. The van der Waals surface area contributed by atoms with Gasteiger partial charge >= 0.3 is 0 Å². The van der Waals surface area contributed by atoms with Crippen molar-refractivity contribution in [1.82, 2.24) is 0 Å². The number of hydrogen-bond donors (Lipinski definition) is 0. The molecule has 0 N–H and O–H groups in total. The van der Waals surface area contributed by atoms with E-state index in [0.29, 0.717) is 0 Å². The van der Waals surface area contributed by atoms with Crippen LogP contribution in [0.2, 0.25) is 0 Å². The number of rotatable bonds is 5. The van der Waals surface area contributed by atoms with Gasteiger partial charge in [-0.2, -0.15) is 0 Å². The van der Waals surface area contributed by atoms with Crippen LogP contribution in [-0.4, -0.2) is 0 Å². The van der Waals surface area contributed by atoms with E-state index in [-0.39, 0.29) is 5.92 Å². The monoisotopic (exact) mass is 424 g/mol. The lowest BCUT2D eigenvalue weighted by Gasteiger charge is -2.21. The highest BCUT2D eigenvalue weighted by molar-refractivity contribution is 5.67. The molecule has 0 atom stereocenters. The van der Waals surface area contributed by atoms with Gasteiger partial charge in [0, 0.05) is 5.92 Å². The van der Waals surface area contributed by atoms with E-state index in [1.807, 2.05) is 0 Å². The molecular weight excluding hydrogens is 396 g/mol. The zero-order valence-corrected chi connectivity index (χ0v) is 19.2. The molecule has 0 saturated carbocycles. The zero-order valence-electron chi connectivity index (χ0n) is 19.2. The Kier molecular flexibility index (Phi) is 5.91. The summed E-state index contributed by atoms with van der Waals surface area (Å²) < 4.78 is 0. The van der Waals surface area contributed by atoms with Crippen LogP contribution in [0.5, 0.6) is 0 Å². The van der Waals surface area contributed by atoms with Crippen molar-refractivity contribution in [3.8, 4) is 22.3 Å². The Morgan fingerprint density at radius 2 is 0.818 bits per heavy atom. The van der Waals surface area contributed by atoms with E-state index >= 15 is 0 Å². The van der Waals surface area contributed by atoms with E-state index in [0.717, 1.165) is 0 Å². The minimum atomic E-state index is 0.164. The fourth-order valence-corrected chi connectivity index (χ4v) is 4.58. The van der Waals surface area contributed by atoms with E-state index in [9.17, 15) is 0 Å². The molecular formula is C33H28. The van der Waals surface area contributed by atoms with Gasteiger partial charge in [0.05, 0.1) is 0 Å². The van der Waals surface area contributed by atoms with Crippen molar-refractivity contribution in [1.29, 1.82) is 0 Å². The predicted octanol–water partition coefficient (Wildman–Crippen LogP) is 8.82. The third-order valence-corrected chi connectivity index (χ3v) is 6.52. The average molecular weight is 425 g/mol. The van der Waals surface area contributed by atoms with Gasteiger partial charge in [-0.3, -0.25) is 0 Å². The highest BCUT2D eigenvalue weighted by atomic mass is 14.2. The smallest absolute Gasteiger partial charge is 0.0340 e. The molecule has 0 spiro atoms. The summed E-state index contributed by atoms with van der Waals surface area (Å²) in [5.74, 6) is 0.164.